The summed E-state index contributed by atoms with van der Waals surface area (Å²) in [5, 5.41) is 3.05. The lowest BCUT2D eigenvalue weighted by atomic mass is 10.1. The van der Waals surface area contributed by atoms with Crippen LogP contribution in [-0.4, -0.2) is 33.9 Å². The van der Waals surface area contributed by atoms with E-state index in [0.29, 0.717) is 12.5 Å². The first-order valence-electron chi connectivity index (χ1n) is 6.41. The summed E-state index contributed by atoms with van der Waals surface area (Å²) in [4.78, 5) is 2.24. The van der Waals surface area contributed by atoms with Gasteiger partial charge in [0.05, 0.1) is 6.61 Å². The highest BCUT2D eigenvalue weighted by Crippen LogP contribution is 2.25. The van der Waals surface area contributed by atoms with Gasteiger partial charge in [-0.3, -0.25) is 0 Å². The van der Waals surface area contributed by atoms with Crippen molar-refractivity contribution in [3.8, 4) is 0 Å². The second-order valence-corrected chi connectivity index (χ2v) is 4.90. The van der Waals surface area contributed by atoms with Crippen molar-refractivity contribution in [2.24, 2.45) is 5.92 Å². The van der Waals surface area contributed by atoms with E-state index in [9.17, 15) is 4.39 Å². The lowest BCUT2D eigenvalue weighted by molar-refractivity contribution is 0.161. The van der Waals surface area contributed by atoms with E-state index in [4.69, 9.17) is 4.74 Å². The van der Waals surface area contributed by atoms with Gasteiger partial charge in [-0.25, -0.2) is 4.39 Å². The molecule has 1 aromatic rings. The Hall–Kier alpha value is -1.13. The normalized spacial score (nSPS) is 19.5. The van der Waals surface area contributed by atoms with Crippen molar-refractivity contribution in [1.29, 1.82) is 0 Å². The molecule has 1 unspecified atom stereocenters. The zero-order valence-electron chi connectivity index (χ0n) is 11.1. The Morgan fingerprint density at radius 1 is 1.44 bits per heavy atom. The fraction of sp³-hybridized carbons (Fsp3) is 0.571. The third kappa shape index (κ3) is 3.21. The summed E-state index contributed by atoms with van der Waals surface area (Å²) in [6.45, 7) is 3.42. The van der Waals surface area contributed by atoms with Crippen LogP contribution in [0.3, 0.4) is 0 Å². The molecule has 0 aromatic heterocycles. The van der Waals surface area contributed by atoms with Crippen molar-refractivity contribution in [3.05, 3.63) is 29.6 Å². The molecule has 18 heavy (non-hydrogen) atoms. The van der Waals surface area contributed by atoms with Crippen LogP contribution < -0.4 is 10.2 Å². The Labute approximate surface area is 108 Å². The van der Waals surface area contributed by atoms with E-state index in [1.54, 1.807) is 19.2 Å². The number of benzene rings is 1. The SMILES string of the molecule is CNCc1cc(F)cc(N2CCC(COC)C2)c1. The average Bonchev–Trinajstić information content (AvgIpc) is 2.78. The Kier molecular flexibility index (Phi) is 4.55. The first-order chi connectivity index (χ1) is 8.72. The average molecular weight is 252 g/mol. The molecule has 0 aliphatic carbocycles. The smallest absolute Gasteiger partial charge is 0.125 e. The molecule has 0 saturated carbocycles. The molecule has 0 radical (unpaired) electrons. The Morgan fingerprint density at radius 2 is 2.28 bits per heavy atom. The van der Waals surface area contributed by atoms with E-state index in [2.05, 4.69) is 16.3 Å². The molecule has 1 N–H and O–H groups in total. The van der Waals surface area contributed by atoms with Gasteiger partial charge in [-0.2, -0.15) is 0 Å². The van der Waals surface area contributed by atoms with Crippen molar-refractivity contribution in [1.82, 2.24) is 5.32 Å². The van der Waals surface area contributed by atoms with Gasteiger partial charge in [0, 0.05) is 38.3 Å². The van der Waals surface area contributed by atoms with Crippen molar-refractivity contribution < 1.29 is 9.13 Å². The van der Waals surface area contributed by atoms with Gasteiger partial charge in [-0.1, -0.05) is 0 Å². The second-order valence-electron chi connectivity index (χ2n) is 4.90. The molecule has 1 aliphatic rings. The lowest BCUT2D eigenvalue weighted by Crippen LogP contribution is -2.21. The zero-order chi connectivity index (χ0) is 13.0. The summed E-state index contributed by atoms with van der Waals surface area (Å²) in [5.41, 5.74) is 1.97. The van der Waals surface area contributed by atoms with Crippen LogP contribution in [0.25, 0.3) is 0 Å². The molecule has 4 heteroatoms. The summed E-state index contributed by atoms with van der Waals surface area (Å²) >= 11 is 0. The first-order valence-corrected chi connectivity index (χ1v) is 6.41. The number of halogens is 1. The van der Waals surface area contributed by atoms with Gasteiger partial charge in [-0.15, -0.1) is 0 Å². The largest absolute Gasteiger partial charge is 0.384 e. The van der Waals surface area contributed by atoms with Crippen LogP contribution in [0.15, 0.2) is 18.2 Å². The molecule has 1 atom stereocenters. The predicted molar refractivity (Wildman–Crippen MR) is 71.4 cm³/mol. The molecule has 1 fully saturated rings. The number of rotatable bonds is 5. The highest BCUT2D eigenvalue weighted by atomic mass is 19.1. The molecule has 1 aliphatic heterocycles. The monoisotopic (exact) mass is 252 g/mol. The van der Waals surface area contributed by atoms with Gasteiger partial charge < -0.3 is 15.0 Å². The molecule has 1 saturated heterocycles. The summed E-state index contributed by atoms with van der Waals surface area (Å²) < 4.78 is 18.8. The molecule has 1 heterocycles. The third-order valence-electron chi connectivity index (χ3n) is 3.38. The minimum Gasteiger partial charge on any atom is -0.384 e. The molecule has 0 spiro atoms. The highest BCUT2D eigenvalue weighted by Gasteiger charge is 2.23. The predicted octanol–water partition coefficient (Wildman–Crippen LogP) is 2.02. The maximum absolute atomic E-state index is 13.6. The number of nitrogens with one attached hydrogen (secondary N) is 1. The van der Waals surface area contributed by atoms with Crippen LogP contribution in [-0.2, 0) is 11.3 Å². The molecule has 1 aromatic carbocycles. The maximum Gasteiger partial charge on any atom is 0.125 e. The number of hydrogen-bond donors (Lipinski definition) is 1. The van der Waals surface area contributed by atoms with Crippen LogP contribution in [0.4, 0.5) is 10.1 Å². The minimum absolute atomic E-state index is 0.159. The third-order valence-corrected chi connectivity index (χ3v) is 3.38. The van der Waals surface area contributed by atoms with Gasteiger partial charge in [0.1, 0.15) is 5.82 Å². The number of nitrogens with zero attached hydrogens (tertiary/aromatic N) is 1. The van der Waals surface area contributed by atoms with Gasteiger partial charge >= 0.3 is 0 Å². The van der Waals surface area contributed by atoms with E-state index in [1.807, 2.05) is 7.05 Å². The van der Waals surface area contributed by atoms with Gasteiger partial charge in [-0.05, 0) is 37.2 Å². The number of ether oxygens (including phenoxy) is 1. The van der Waals surface area contributed by atoms with Gasteiger partial charge in [0.2, 0.25) is 0 Å². The summed E-state index contributed by atoms with van der Waals surface area (Å²) in [7, 11) is 3.60. The molecule has 2 rings (SSSR count). The van der Waals surface area contributed by atoms with Crippen LogP contribution in [0.1, 0.15) is 12.0 Å². The van der Waals surface area contributed by atoms with Gasteiger partial charge in [0.15, 0.2) is 0 Å². The van der Waals surface area contributed by atoms with Crippen molar-refractivity contribution in [2.75, 3.05) is 38.8 Å². The van der Waals surface area contributed by atoms with Gasteiger partial charge in [0.25, 0.3) is 0 Å². The second kappa shape index (κ2) is 6.16. The van der Waals surface area contributed by atoms with Crippen molar-refractivity contribution in [2.45, 2.75) is 13.0 Å². The van der Waals surface area contributed by atoms with E-state index >= 15 is 0 Å². The first kappa shape index (κ1) is 13.3. The van der Waals surface area contributed by atoms with E-state index in [1.165, 1.54) is 0 Å². The van der Waals surface area contributed by atoms with Crippen LogP contribution in [0.2, 0.25) is 0 Å². The standard InChI is InChI=1S/C14H21FN2O/c1-16-8-12-5-13(15)7-14(6-12)17-4-3-11(9-17)10-18-2/h5-7,11,16H,3-4,8-10H2,1-2H3. The fourth-order valence-corrected chi connectivity index (χ4v) is 2.56. The quantitative estimate of drug-likeness (QED) is 0.867. The summed E-state index contributed by atoms with van der Waals surface area (Å²) in [6.07, 6.45) is 1.12. The Bertz CT molecular complexity index is 397. The molecule has 100 valence electrons. The van der Waals surface area contributed by atoms with Crippen molar-refractivity contribution >= 4 is 5.69 Å². The number of hydrogen-bond acceptors (Lipinski definition) is 3. The molecule has 3 nitrogen and oxygen atoms in total. The highest BCUT2D eigenvalue weighted by molar-refractivity contribution is 5.50. The van der Waals surface area contributed by atoms with E-state index < -0.39 is 0 Å². The minimum atomic E-state index is -0.159. The molecular formula is C14H21FN2O. The van der Waals surface area contributed by atoms with Crippen LogP contribution in [0, 0.1) is 11.7 Å². The Morgan fingerprint density at radius 3 is 3.00 bits per heavy atom. The fourth-order valence-electron chi connectivity index (χ4n) is 2.56. The summed E-state index contributed by atoms with van der Waals surface area (Å²) in [6, 6.07) is 5.27. The topological polar surface area (TPSA) is 24.5 Å². The maximum atomic E-state index is 13.6. The number of methoxy groups -OCH3 is 1. The van der Waals surface area contributed by atoms with Crippen LogP contribution >= 0.6 is 0 Å². The Balaban J connectivity index is 2.08. The van der Waals surface area contributed by atoms with Crippen LogP contribution in [0.5, 0.6) is 0 Å². The summed E-state index contributed by atoms with van der Waals surface area (Å²) in [5.74, 6) is 0.402. The van der Waals surface area contributed by atoms with Crippen molar-refractivity contribution in [3.63, 3.8) is 0 Å². The van der Waals surface area contributed by atoms with E-state index in [0.717, 1.165) is 37.4 Å². The lowest BCUT2D eigenvalue weighted by Gasteiger charge is -2.19. The molecular weight excluding hydrogens is 231 g/mol. The molecule has 0 bridgehead atoms. The van der Waals surface area contributed by atoms with E-state index in [-0.39, 0.29) is 5.82 Å². The zero-order valence-corrected chi connectivity index (χ0v) is 11.1. The molecule has 0 amide bonds. The number of anilines is 1.